The van der Waals surface area contributed by atoms with Crippen molar-refractivity contribution in [2.24, 2.45) is 0 Å². The molecule has 0 atom stereocenters. The zero-order valence-electron chi connectivity index (χ0n) is 18.6. The summed E-state index contributed by atoms with van der Waals surface area (Å²) in [7, 11) is 0. The molecule has 0 saturated carbocycles. The zero-order chi connectivity index (χ0) is 24.7. The second kappa shape index (κ2) is 9.30. The molecule has 0 radical (unpaired) electrons. The zero-order valence-corrected chi connectivity index (χ0v) is 20.9. The molecule has 0 unspecified atom stereocenters. The fourth-order valence-corrected chi connectivity index (χ4v) is 4.77. The number of carbonyl (C=O) groups is 2. The Kier molecular flexibility index (Phi) is 6.19. The first-order valence-electron chi connectivity index (χ1n) is 10.8. The van der Waals surface area contributed by atoms with Gasteiger partial charge in [-0.1, -0.05) is 71.2 Å². The van der Waals surface area contributed by atoms with Crippen LogP contribution in [-0.2, 0) is 16.1 Å². The maximum atomic E-state index is 13.4. The first-order chi connectivity index (χ1) is 16.8. The van der Waals surface area contributed by atoms with Crippen LogP contribution in [-0.4, -0.2) is 21.5 Å². The van der Waals surface area contributed by atoms with Gasteiger partial charge in [0.1, 0.15) is 5.57 Å². The molecule has 3 aromatic carbocycles. The van der Waals surface area contributed by atoms with Crippen LogP contribution in [0.15, 0.2) is 78.5 Å². The second-order valence-electron chi connectivity index (χ2n) is 8.27. The van der Waals surface area contributed by atoms with Crippen molar-refractivity contribution in [3.8, 4) is 0 Å². The summed E-state index contributed by atoms with van der Waals surface area (Å²) in [5.74, 6) is -1.08. The highest BCUT2D eigenvalue weighted by Crippen LogP contribution is 2.30. The number of carbonyl (C=O) groups excluding carboxylic acids is 2. The second-order valence-corrected chi connectivity index (χ2v) is 9.48. The molecule has 5 nitrogen and oxygen atoms in total. The van der Waals surface area contributed by atoms with Crippen molar-refractivity contribution in [2.75, 3.05) is 4.90 Å². The highest BCUT2D eigenvalue weighted by atomic mass is 35.5. The van der Waals surface area contributed by atoms with Crippen molar-refractivity contribution in [3.05, 3.63) is 105 Å². The number of aryl methyl sites for hydroxylation is 1. The molecule has 1 aliphatic rings. The van der Waals surface area contributed by atoms with Crippen molar-refractivity contribution in [3.63, 3.8) is 0 Å². The molecule has 174 valence electrons. The number of amides is 2. The number of hydrogen-bond donors (Lipinski definition) is 1. The molecule has 0 spiro atoms. The minimum atomic E-state index is -0.549. The van der Waals surface area contributed by atoms with E-state index in [1.54, 1.807) is 18.2 Å². The van der Waals surface area contributed by atoms with Crippen LogP contribution in [0.4, 0.5) is 5.69 Å². The normalized spacial score (nSPS) is 15.2. The third kappa shape index (κ3) is 4.48. The minimum absolute atomic E-state index is 0.0163. The van der Waals surface area contributed by atoms with E-state index in [9.17, 15) is 9.59 Å². The molecule has 1 fully saturated rings. The van der Waals surface area contributed by atoms with Gasteiger partial charge in [0.05, 0.1) is 15.7 Å². The van der Waals surface area contributed by atoms with E-state index in [0.29, 0.717) is 17.3 Å². The fraction of sp³-hybridized carbons (Fsp3) is 0.0741. The van der Waals surface area contributed by atoms with Gasteiger partial charge < -0.3 is 4.57 Å². The van der Waals surface area contributed by atoms with E-state index < -0.39 is 11.8 Å². The topological polar surface area (TPSA) is 54.3 Å². The third-order valence-corrected chi connectivity index (χ3v) is 6.84. The molecule has 2 heterocycles. The molecule has 35 heavy (non-hydrogen) atoms. The number of fused-ring (bicyclic) bond motifs is 1. The predicted molar refractivity (Wildman–Crippen MR) is 145 cm³/mol. The number of rotatable bonds is 4. The van der Waals surface area contributed by atoms with Gasteiger partial charge >= 0.3 is 0 Å². The largest absolute Gasteiger partial charge is 0.342 e. The van der Waals surface area contributed by atoms with Gasteiger partial charge in [-0.25, -0.2) is 0 Å². The summed E-state index contributed by atoms with van der Waals surface area (Å²) in [6.07, 6.45) is 3.57. The molecule has 1 aliphatic heterocycles. The van der Waals surface area contributed by atoms with Crippen LogP contribution in [0.1, 0.15) is 16.7 Å². The highest BCUT2D eigenvalue weighted by Gasteiger charge is 2.35. The van der Waals surface area contributed by atoms with Crippen molar-refractivity contribution in [1.82, 2.24) is 9.88 Å². The number of aromatic nitrogens is 1. The Labute approximate surface area is 217 Å². The standard InChI is InChI=1S/C27H19Cl2N3O2S/c1-16-5-4-6-17(11-16)14-31-15-18(20-7-2-3-8-24(20)31)12-21-25(33)30-27(35)32(26(21)34)19-9-10-22(28)23(29)13-19/h2-13,15H,14H2,1H3,(H,30,33,35)/b21-12+. The summed E-state index contributed by atoms with van der Waals surface area (Å²) >= 11 is 17.5. The summed E-state index contributed by atoms with van der Waals surface area (Å²) < 4.78 is 2.11. The Hall–Kier alpha value is -3.45. The number of benzene rings is 3. The van der Waals surface area contributed by atoms with Gasteiger partial charge in [-0.3, -0.25) is 19.8 Å². The Morgan fingerprint density at radius 3 is 2.54 bits per heavy atom. The third-order valence-electron chi connectivity index (χ3n) is 5.82. The average molecular weight is 520 g/mol. The molecule has 5 rings (SSSR count). The minimum Gasteiger partial charge on any atom is -0.342 e. The first kappa shape index (κ1) is 23.3. The van der Waals surface area contributed by atoms with Gasteiger partial charge in [0.2, 0.25) is 0 Å². The lowest BCUT2D eigenvalue weighted by molar-refractivity contribution is -0.122. The van der Waals surface area contributed by atoms with E-state index in [1.807, 2.05) is 36.5 Å². The summed E-state index contributed by atoms with van der Waals surface area (Å²) in [6, 6.07) is 20.9. The van der Waals surface area contributed by atoms with Gasteiger partial charge in [0.25, 0.3) is 11.8 Å². The van der Waals surface area contributed by atoms with Crippen molar-refractivity contribution >= 4 is 75.0 Å². The van der Waals surface area contributed by atoms with Crippen molar-refractivity contribution < 1.29 is 9.59 Å². The van der Waals surface area contributed by atoms with Crippen LogP contribution < -0.4 is 10.2 Å². The number of hydrogen-bond acceptors (Lipinski definition) is 3. The molecule has 4 aromatic rings. The van der Waals surface area contributed by atoms with Crippen LogP contribution in [0.5, 0.6) is 0 Å². The molecule has 1 N–H and O–H groups in total. The van der Waals surface area contributed by atoms with E-state index in [-0.39, 0.29) is 15.7 Å². The Balaban J connectivity index is 1.57. The van der Waals surface area contributed by atoms with Gasteiger partial charge in [0.15, 0.2) is 5.11 Å². The lowest BCUT2D eigenvalue weighted by atomic mass is 10.1. The summed E-state index contributed by atoms with van der Waals surface area (Å²) in [5, 5.41) is 4.16. The quantitative estimate of drug-likeness (QED) is 0.200. The molecule has 2 amide bonds. The first-order valence-corrected chi connectivity index (χ1v) is 12.0. The van der Waals surface area contributed by atoms with Crippen LogP contribution in [0.2, 0.25) is 10.0 Å². The molecule has 1 saturated heterocycles. The smallest absolute Gasteiger partial charge is 0.270 e. The summed E-state index contributed by atoms with van der Waals surface area (Å²) in [4.78, 5) is 27.5. The molecule has 8 heteroatoms. The van der Waals surface area contributed by atoms with E-state index in [2.05, 4.69) is 35.0 Å². The van der Waals surface area contributed by atoms with E-state index in [4.69, 9.17) is 35.4 Å². The summed E-state index contributed by atoms with van der Waals surface area (Å²) in [6.45, 7) is 2.72. The van der Waals surface area contributed by atoms with Crippen LogP contribution >= 0.6 is 35.4 Å². The number of halogens is 2. The molecule has 0 bridgehead atoms. The molecule has 1 aromatic heterocycles. The average Bonchev–Trinajstić information content (AvgIpc) is 3.16. The molecular weight excluding hydrogens is 501 g/mol. The number of para-hydroxylation sites is 1. The number of anilines is 1. The van der Waals surface area contributed by atoms with Gasteiger partial charge in [0, 0.05) is 29.2 Å². The van der Waals surface area contributed by atoms with Crippen molar-refractivity contribution in [2.45, 2.75) is 13.5 Å². The molecule has 0 aliphatic carbocycles. The Morgan fingerprint density at radius 2 is 1.77 bits per heavy atom. The van der Waals surface area contributed by atoms with Crippen LogP contribution in [0.25, 0.3) is 17.0 Å². The van der Waals surface area contributed by atoms with Crippen LogP contribution in [0, 0.1) is 6.92 Å². The fourth-order valence-electron chi connectivity index (χ4n) is 4.20. The maximum Gasteiger partial charge on any atom is 0.270 e. The SMILES string of the molecule is Cc1cccc(Cn2cc(/C=C3\C(=O)NC(=S)N(c4ccc(Cl)c(Cl)c4)C3=O)c3ccccc32)c1. The lowest BCUT2D eigenvalue weighted by Gasteiger charge is -2.29. The van der Waals surface area contributed by atoms with Crippen LogP contribution in [0.3, 0.4) is 0 Å². The van der Waals surface area contributed by atoms with E-state index in [0.717, 1.165) is 22.0 Å². The predicted octanol–water partition coefficient (Wildman–Crippen LogP) is 6.14. The van der Waals surface area contributed by atoms with Crippen molar-refractivity contribution in [1.29, 1.82) is 0 Å². The number of nitrogens with zero attached hydrogens (tertiary/aromatic N) is 2. The maximum absolute atomic E-state index is 13.4. The number of nitrogens with one attached hydrogen (secondary N) is 1. The monoisotopic (exact) mass is 519 g/mol. The van der Waals surface area contributed by atoms with E-state index >= 15 is 0 Å². The van der Waals surface area contributed by atoms with Gasteiger partial charge in [-0.05, 0) is 55.0 Å². The van der Waals surface area contributed by atoms with E-state index in [1.165, 1.54) is 16.5 Å². The highest BCUT2D eigenvalue weighted by molar-refractivity contribution is 7.80. The van der Waals surface area contributed by atoms with Gasteiger partial charge in [-0.15, -0.1) is 0 Å². The molecular formula is C27H19Cl2N3O2S. The lowest BCUT2D eigenvalue weighted by Crippen LogP contribution is -2.54. The summed E-state index contributed by atoms with van der Waals surface area (Å²) in [5.41, 5.74) is 4.50. The number of thiocarbonyl (C=S) groups is 1. The van der Waals surface area contributed by atoms with Gasteiger partial charge in [-0.2, -0.15) is 0 Å². The Morgan fingerprint density at radius 1 is 0.971 bits per heavy atom. The Bertz CT molecular complexity index is 1560.